The Hall–Kier alpha value is -2.02. The maximum absolute atomic E-state index is 12.2. The molecule has 1 saturated heterocycles. The van der Waals surface area contributed by atoms with Crippen molar-refractivity contribution < 1.29 is 9.53 Å². The Kier molecular flexibility index (Phi) is 6.04. The molecule has 0 N–H and O–H groups in total. The van der Waals surface area contributed by atoms with Crippen LogP contribution in [0.1, 0.15) is 42.4 Å². The molecule has 0 aromatic heterocycles. The van der Waals surface area contributed by atoms with E-state index in [1.807, 2.05) is 18.7 Å². The van der Waals surface area contributed by atoms with Crippen LogP contribution in [0, 0.1) is 38.0 Å². The number of carbonyl (C=O) groups is 1. The lowest BCUT2D eigenvalue weighted by atomic mass is 10.0. The van der Waals surface area contributed by atoms with Gasteiger partial charge in [0.2, 0.25) is 5.91 Å². The van der Waals surface area contributed by atoms with Crippen molar-refractivity contribution in [3.05, 3.63) is 28.8 Å². The Bertz CT molecular complexity index is 575. The van der Waals surface area contributed by atoms with Crippen molar-refractivity contribution in [1.82, 2.24) is 4.90 Å². The summed E-state index contributed by atoms with van der Waals surface area (Å²) in [5.41, 5.74) is 3.49. The zero-order chi connectivity index (χ0) is 16.8. The largest absolute Gasteiger partial charge is 0.493 e. The van der Waals surface area contributed by atoms with Gasteiger partial charge in [-0.2, -0.15) is 5.26 Å². The molecule has 1 atom stereocenters. The highest BCUT2D eigenvalue weighted by Crippen LogP contribution is 2.25. The number of nitrogens with zero attached hydrogens (tertiary/aromatic N) is 2. The summed E-state index contributed by atoms with van der Waals surface area (Å²) in [4.78, 5) is 14.1. The molecule has 124 valence electrons. The summed E-state index contributed by atoms with van der Waals surface area (Å²) in [5.74, 6) is 0.389. The number of hydrogen-bond acceptors (Lipinski definition) is 3. The van der Waals surface area contributed by atoms with Gasteiger partial charge in [0.15, 0.2) is 0 Å². The third-order valence-electron chi connectivity index (χ3n) is 4.36. The maximum atomic E-state index is 12.2. The smallest absolute Gasteiger partial charge is 0.239 e. The van der Waals surface area contributed by atoms with Crippen LogP contribution in [0.15, 0.2) is 12.1 Å². The van der Waals surface area contributed by atoms with Crippen LogP contribution in [0.25, 0.3) is 0 Å². The molecule has 0 aliphatic carbocycles. The van der Waals surface area contributed by atoms with E-state index in [0.29, 0.717) is 19.4 Å². The second-order valence-electron chi connectivity index (χ2n) is 6.43. The Morgan fingerprint density at radius 1 is 1.26 bits per heavy atom. The highest BCUT2D eigenvalue weighted by Gasteiger charge is 2.25. The number of carbonyl (C=O) groups excluding carboxylic acids is 1. The first-order chi connectivity index (χ1) is 11.0. The van der Waals surface area contributed by atoms with E-state index in [1.165, 1.54) is 5.56 Å². The molecule has 1 heterocycles. The van der Waals surface area contributed by atoms with Gasteiger partial charge in [0.05, 0.1) is 12.7 Å². The Labute approximate surface area is 139 Å². The minimum absolute atomic E-state index is 0.00676. The van der Waals surface area contributed by atoms with Gasteiger partial charge in [0.25, 0.3) is 0 Å². The lowest BCUT2D eigenvalue weighted by Gasteiger charge is -2.19. The fourth-order valence-electron chi connectivity index (χ4n) is 3.26. The Morgan fingerprint density at radius 2 is 1.87 bits per heavy atom. The lowest BCUT2D eigenvalue weighted by molar-refractivity contribution is -0.132. The van der Waals surface area contributed by atoms with E-state index in [1.54, 1.807) is 0 Å². The molecule has 1 aromatic carbocycles. The first-order valence-electron chi connectivity index (χ1n) is 8.42. The van der Waals surface area contributed by atoms with Crippen molar-refractivity contribution in [2.24, 2.45) is 5.92 Å². The zero-order valence-corrected chi connectivity index (χ0v) is 14.4. The summed E-state index contributed by atoms with van der Waals surface area (Å²) in [5, 5.41) is 9.25. The molecule has 1 aliphatic rings. The SMILES string of the molecule is Cc1cc(C)c(OCCCC(C#N)C(=O)N2CCCC2)c(C)c1. The normalized spacial score (nSPS) is 15.3. The molecule has 0 spiro atoms. The van der Waals surface area contributed by atoms with Crippen LogP contribution >= 0.6 is 0 Å². The number of benzene rings is 1. The van der Waals surface area contributed by atoms with Crippen molar-refractivity contribution in [1.29, 1.82) is 5.26 Å². The van der Waals surface area contributed by atoms with Gasteiger partial charge in [-0.3, -0.25) is 4.79 Å². The molecule has 0 saturated carbocycles. The summed E-state index contributed by atoms with van der Waals surface area (Å²) in [6, 6.07) is 6.38. The molecule has 1 unspecified atom stereocenters. The van der Waals surface area contributed by atoms with E-state index >= 15 is 0 Å². The van der Waals surface area contributed by atoms with Gasteiger partial charge in [-0.05, 0) is 57.6 Å². The average Bonchev–Trinajstić information content (AvgIpc) is 3.03. The number of ether oxygens (including phenoxy) is 1. The van der Waals surface area contributed by atoms with Gasteiger partial charge < -0.3 is 9.64 Å². The topological polar surface area (TPSA) is 53.3 Å². The molecule has 1 aromatic rings. The molecule has 0 bridgehead atoms. The summed E-state index contributed by atoms with van der Waals surface area (Å²) >= 11 is 0. The molecular formula is C19H26N2O2. The first-order valence-corrected chi connectivity index (χ1v) is 8.42. The van der Waals surface area contributed by atoms with Crippen LogP contribution in [0.5, 0.6) is 5.75 Å². The molecular weight excluding hydrogens is 288 g/mol. The number of hydrogen-bond donors (Lipinski definition) is 0. The molecule has 2 rings (SSSR count). The predicted molar refractivity (Wildman–Crippen MR) is 90.3 cm³/mol. The summed E-state index contributed by atoms with van der Waals surface area (Å²) in [7, 11) is 0. The Balaban J connectivity index is 1.82. The van der Waals surface area contributed by atoms with E-state index in [4.69, 9.17) is 4.74 Å². The van der Waals surface area contributed by atoms with Gasteiger partial charge in [-0.15, -0.1) is 0 Å². The van der Waals surface area contributed by atoms with Gasteiger partial charge in [0.1, 0.15) is 11.7 Å². The maximum Gasteiger partial charge on any atom is 0.239 e. The molecule has 4 nitrogen and oxygen atoms in total. The van der Waals surface area contributed by atoms with E-state index in [2.05, 4.69) is 25.1 Å². The van der Waals surface area contributed by atoms with Crippen molar-refractivity contribution >= 4 is 5.91 Å². The van der Waals surface area contributed by atoms with Crippen molar-refractivity contribution in [2.45, 2.75) is 46.5 Å². The van der Waals surface area contributed by atoms with Gasteiger partial charge in [0, 0.05) is 13.1 Å². The highest BCUT2D eigenvalue weighted by atomic mass is 16.5. The van der Waals surface area contributed by atoms with E-state index in [0.717, 1.165) is 42.8 Å². The summed E-state index contributed by atoms with van der Waals surface area (Å²) in [6.07, 6.45) is 3.39. The van der Waals surface area contributed by atoms with Crippen LogP contribution in [-0.2, 0) is 4.79 Å². The number of rotatable bonds is 6. The third-order valence-corrected chi connectivity index (χ3v) is 4.36. The average molecular weight is 314 g/mol. The Morgan fingerprint density at radius 3 is 2.43 bits per heavy atom. The zero-order valence-electron chi connectivity index (χ0n) is 14.4. The first kappa shape index (κ1) is 17.3. The van der Waals surface area contributed by atoms with Crippen LogP contribution < -0.4 is 4.74 Å². The highest BCUT2D eigenvalue weighted by molar-refractivity contribution is 5.81. The fourth-order valence-corrected chi connectivity index (χ4v) is 3.26. The molecule has 1 fully saturated rings. The van der Waals surface area contributed by atoms with E-state index < -0.39 is 5.92 Å². The van der Waals surface area contributed by atoms with E-state index in [-0.39, 0.29) is 5.91 Å². The van der Waals surface area contributed by atoms with Gasteiger partial charge in [-0.1, -0.05) is 17.7 Å². The van der Waals surface area contributed by atoms with E-state index in [9.17, 15) is 10.1 Å². The molecule has 23 heavy (non-hydrogen) atoms. The quantitative estimate of drug-likeness (QED) is 0.755. The summed E-state index contributed by atoms with van der Waals surface area (Å²) in [6.45, 7) is 8.31. The molecule has 1 amide bonds. The van der Waals surface area contributed by atoms with Gasteiger partial charge >= 0.3 is 0 Å². The fraction of sp³-hybridized carbons (Fsp3) is 0.579. The number of aryl methyl sites for hydroxylation is 3. The van der Waals surface area contributed by atoms with Crippen LogP contribution in [0.3, 0.4) is 0 Å². The van der Waals surface area contributed by atoms with Crippen LogP contribution in [0.2, 0.25) is 0 Å². The number of likely N-dealkylation sites (tertiary alicyclic amines) is 1. The lowest BCUT2D eigenvalue weighted by Crippen LogP contribution is -2.33. The van der Waals surface area contributed by atoms with Crippen molar-refractivity contribution in [3.63, 3.8) is 0 Å². The standard InChI is InChI=1S/C19H26N2O2/c1-14-11-15(2)18(16(3)12-14)23-10-6-7-17(13-20)19(22)21-8-4-5-9-21/h11-12,17H,4-10H2,1-3H3. The third kappa shape index (κ3) is 4.48. The minimum Gasteiger partial charge on any atom is -0.493 e. The second-order valence-corrected chi connectivity index (χ2v) is 6.43. The van der Waals surface area contributed by atoms with Crippen LogP contribution in [-0.4, -0.2) is 30.5 Å². The van der Waals surface area contributed by atoms with Gasteiger partial charge in [-0.25, -0.2) is 0 Å². The van der Waals surface area contributed by atoms with Crippen molar-refractivity contribution in [3.8, 4) is 11.8 Å². The summed E-state index contributed by atoms with van der Waals surface area (Å²) < 4.78 is 5.89. The number of amides is 1. The second kappa shape index (κ2) is 8.01. The number of nitriles is 1. The predicted octanol–water partition coefficient (Wildman–Crippen LogP) is 3.53. The molecule has 0 radical (unpaired) electrons. The molecule has 4 heteroatoms. The monoisotopic (exact) mass is 314 g/mol. The van der Waals surface area contributed by atoms with Crippen molar-refractivity contribution in [2.75, 3.05) is 19.7 Å². The van der Waals surface area contributed by atoms with Crippen LogP contribution in [0.4, 0.5) is 0 Å². The molecule has 1 aliphatic heterocycles. The minimum atomic E-state index is -0.531.